The number of aryl methyl sites for hydroxylation is 1. The fourth-order valence-corrected chi connectivity index (χ4v) is 4.30. The molecule has 0 saturated heterocycles. The summed E-state index contributed by atoms with van der Waals surface area (Å²) in [4.78, 5) is 17.0. The number of para-hydroxylation sites is 1. The number of allylic oxidation sites excluding steroid dienone is 4. The number of amides is 1. The van der Waals surface area contributed by atoms with Gasteiger partial charge >= 0.3 is 6.09 Å². The number of rotatable bonds is 13. The highest BCUT2D eigenvalue weighted by molar-refractivity contribution is 5.77. The van der Waals surface area contributed by atoms with E-state index < -0.39 is 11.9 Å². The minimum Gasteiger partial charge on any atom is -0.407 e. The van der Waals surface area contributed by atoms with Crippen LogP contribution in [0.2, 0.25) is 0 Å². The Kier molecular flexibility index (Phi) is 11.2. The van der Waals surface area contributed by atoms with Gasteiger partial charge in [-0.25, -0.2) is 14.2 Å². The Balaban J connectivity index is 1.60. The SMILES string of the molecule is C/C=C(\CC/C=C\CC)c1nc(C)n(CCCCCNC(=O)Oc2ccccc2F)c1-c1ccccc1. The maximum Gasteiger partial charge on any atom is 0.412 e. The summed E-state index contributed by atoms with van der Waals surface area (Å²) in [6, 6.07) is 16.3. The number of nitrogens with one attached hydrogen (secondary N) is 1. The van der Waals surface area contributed by atoms with Crippen molar-refractivity contribution in [2.75, 3.05) is 6.54 Å². The van der Waals surface area contributed by atoms with Crippen molar-refractivity contribution >= 4 is 11.7 Å². The zero-order valence-corrected chi connectivity index (χ0v) is 22.2. The highest BCUT2D eigenvalue weighted by Crippen LogP contribution is 2.32. The second-order valence-corrected chi connectivity index (χ2v) is 8.91. The summed E-state index contributed by atoms with van der Waals surface area (Å²) in [5.74, 6) is 0.381. The van der Waals surface area contributed by atoms with E-state index >= 15 is 0 Å². The number of hydrogen-bond donors (Lipinski definition) is 1. The van der Waals surface area contributed by atoms with Crippen molar-refractivity contribution in [3.63, 3.8) is 0 Å². The molecule has 0 aliphatic rings. The van der Waals surface area contributed by atoms with Crippen molar-refractivity contribution in [1.82, 2.24) is 14.9 Å². The molecule has 3 rings (SSSR count). The first-order valence-electron chi connectivity index (χ1n) is 13.2. The standard InChI is InChI=1S/C31H38FN3O2/c1-4-6-7-10-17-25(5-2)29-30(26-18-11-8-12-19-26)35(24(3)34-29)23-16-9-15-22-33-31(36)37-28-21-14-13-20-27(28)32/h5-8,11-14,18-21H,4,9-10,15-17,22-23H2,1-3H3,(H,33,36)/b7-6-,25-5+. The third-order valence-electron chi connectivity index (χ3n) is 6.21. The van der Waals surface area contributed by atoms with E-state index in [4.69, 9.17) is 9.72 Å². The lowest BCUT2D eigenvalue weighted by molar-refractivity contribution is 0.198. The summed E-state index contributed by atoms with van der Waals surface area (Å²) in [5, 5.41) is 2.70. The number of unbranched alkanes of at least 4 members (excludes halogenated alkanes) is 2. The molecule has 1 heterocycles. The summed E-state index contributed by atoms with van der Waals surface area (Å²) in [6.45, 7) is 7.63. The third-order valence-corrected chi connectivity index (χ3v) is 6.21. The van der Waals surface area contributed by atoms with Crippen molar-refractivity contribution < 1.29 is 13.9 Å². The van der Waals surface area contributed by atoms with E-state index in [0.717, 1.165) is 62.3 Å². The first-order chi connectivity index (χ1) is 18.0. The van der Waals surface area contributed by atoms with E-state index in [1.54, 1.807) is 12.1 Å². The average molecular weight is 504 g/mol. The number of nitrogens with zero attached hydrogens (tertiary/aromatic N) is 2. The summed E-state index contributed by atoms with van der Waals surface area (Å²) in [5.41, 5.74) is 4.66. The molecule has 3 aromatic rings. The lowest BCUT2D eigenvalue weighted by atomic mass is 10.0. The van der Waals surface area contributed by atoms with Crippen molar-refractivity contribution in [1.29, 1.82) is 0 Å². The van der Waals surface area contributed by atoms with E-state index in [2.05, 4.69) is 73.1 Å². The van der Waals surface area contributed by atoms with Crippen LogP contribution >= 0.6 is 0 Å². The lowest BCUT2D eigenvalue weighted by Gasteiger charge is -2.13. The summed E-state index contributed by atoms with van der Waals surface area (Å²) in [7, 11) is 0. The minimum atomic E-state index is -0.640. The highest BCUT2D eigenvalue weighted by Gasteiger charge is 2.19. The molecule has 0 unspecified atom stereocenters. The Hall–Kier alpha value is -3.67. The molecule has 196 valence electrons. The third kappa shape index (κ3) is 8.17. The molecule has 0 atom stereocenters. The minimum absolute atomic E-state index is 0.0679. The van der Waals surface area contributed by atoms with Gasteiger partial charge < -0.3 is 14.6 Å². The first-order valence-corrected chi connectivity index (χ1v) is 13.2. The van der Waals surface area contributed by atoms with Gasteiger partial charge in [0.15, 0.2) is 11.6 Å². The maximum absolute atomic E-state index is 13.6. The van der Waals surface area contributed by atoms with Gasteiger partial charge in [0.1, 0.15) is 5.82 Å². The van der Waals surface area contributed by atoms with Crippen LogP contribution in [0.15, 0.2) is 72.8 Å². The Morgan fingerprint density at radius 1 is 1.05 bits per heavy atom. The van der Waals surface area contributed by atoms with E-state index in [0.29, 0.717) is 6.54 Å². The van der Waals surface area contributed by atoms with Crippen LogP contribution in [0.4, 0.5) is 9.18 Å². The van der Waals surface area contributed by atoms with Crippen LogP contribution in [-0.4, -0.2) is 22.2 Å². The summed E-state index contributed by atoms with van der Waals surface area (Å²) in [6.07, 6.45) is 11.7. The van der Waals surface area contributed by atoms with Crippen LogP contribution in [0.25, 0.3) is 16.8 Å². The van der Waals surface area contributed by atoms with Crippen LogP contribution in [0.5, 0.6) is 5.75 Å². The maximum atomic E-state index is 13.6. The smallest absolute Gasteiger partial charge is 0.407 e. The summed E-state index contributed by atoms with van der Waals surface area (Å²) < 4.78 is 21.0. The molecule has 0 fully saturated rings. The molecule has 0 saturated carbocycles. The number of carbonyl (C=O) groups is 1. The normalized spacial score (nSPS) is 11.7. The predicted octanol–water partition coefficient (Wildman–Crippen LogP) is 8.11. The fraction of sp³-hybridized carbons (Fsp3) is 0.355. The number of imidazole rings is 1. The second-order valence-electron chi connectivity index (χ2n) is 8.91. The topological polar surface area (TPSA) is 56.2 Å². The van der Waals surface area contributed by atoms with Crippen LogP contribution in [0, 0.1) is 12.7 Å². The Morgan fingerprint density at radius 2 is 1.81 bits per heavy atom. The molecular formula is C31H38FN3O2. The Bertz CT molecular complexity index is 1200. The van der Waals surface area contributed by atoms with Crippen molar-refractivity contribution in [3.8, 4) is 17.0 Å². The molecule has 2 aromatic carbocycles. The van der Waals surface area contributed by atoms with Crippen LogP contribution < -0.4 is 10.1 Å². The number of carbonyl (C=O) groups excluding carboxylic acids is 1. The molecule has 37 heavy (non-hydrogen) atoms. The molecule has 0 spiro atoms. The van der Waals surface area contributed by atoms with Crippen molar-refractivity contribution in [2.24, 2.45) is 0 Å². The fourth-order valence-electron chi connectivity index (χ4n) is 4.30. The molecule has 1 aromatic heterocycles. The van der Waals surface area contributed by atoms with Crippen molar-refractivity contribution in [2.45, 2.75) is 65.8 Å². The molecule has 0 aliphatic carbocycles. The molecule has 1 N–H and O–H groups in total. The molecule has 1 amide bonds. The summed E-state index contributed by atoms with van der Waals surface area (Å²) >= 11 is 0. The van der Waals surface area contributed by atoms with E-state index in [1.807, 2.05) is 6.07 Å². The van der Waals surface area contributed by atoms with Crippen molar-refractivity contribution in [3.05, 3.63) is 90.2 Å². The Labute approximate surface area is 220 Å². The van der Waals surface area contributed by atoms with E-state index in [1.165, 1.54) is 23.3 Å². The van der Waals surface area contributed by atoms with Crippen LogP contribution in [-0.2, 0) is 6.54 Å². The number of benzene rings is 2. The predicted molar refractivity (Wildman–Crippen MR) is 149 cm³/mol. The highest BCUT2D eigenvalue weighted by atomic mass is 19.1. The van der Waals surface area contributed by atoms with Gasteiger partial charge in [-0.15, -0.1) is 0 Å². The van der Waals surface area contributed by atoms with Crippen LogP contribution in [0.3, 0.4) is 0 Å². The van der Waals surface area contributed by atoms with Gasteiger partial charge in [-0.3, -0.25) is 0 Å². The molecule has 5 nitrogen and oxygen atoms in total. The lowest BCUT2D eigenvalue weighted by Crippen LogP contribution is -2.28. The number of halogens is 1. The van der Waals surface area contributed by atoms with Gasteiger partial charge in [0.05, 0.1) is 11.4 Å². The van der Waals surface area contributed by atoms with Gasteiger partial charge in [0, 0.05) is 18.7 Å². The van der Waals surface area contributed by atoms with Gasteiger partial charge in [-0.05, 0) is 70.1 Å². The Morgan fingerprint density at radius 3 is 2.54 bits per heavy atom. The molecular weight excluding hydrogens is 465 g/mol. The van der Waals surface area contributed by atoms with E-state index in [-0.39, 0.29) is 5.75 Å². The van der Waals surface area contributed by atoms with Gasteiger partial charge in [-0.2, -0.15) is 0 Å². The second kappa shape index (κ2) is 14.8. The zero-order chi connectivity index (χ0) is 26.5. The quantitative estimate of drug-likeness (QED) is 0.189. The van der Waals surface area contributed by atoms with Gasteiger partial charge in [-0.1, -0.05) is 67.6 Å². The number of ether oxygens (including phenoxy) is 1. The molecule has 6 heteroatoms. The van der Waals surface area contributed by atoms with Gasteiger partial charge in [0.2, 0.25) is 0 Å². The zero-order valence-electron chi connectivity index (χ0n) is 22.2. The monoisotopic (exact) mass is 503 g/mol. The van der Waals surface area contributed by atoms with Gasteiger partial charge in [0.25, 0.3) is 0 Å². The molecule has 0 radical (unpaired) electrons. The number of hydrogen-bond acceptors (Lipinski definition) is 3. The average Bonchev–Trinajstić information content (AvgIpc) is 3.23. The number of aromatic nitrogens is 2. The molecule has 0 bridgehead atoms. The van der Waals surface area contributed by atoms with Crippen LogP contribution in [0.1, 0.15) is 63.9 Å². The largest absolute Gasteiger partial charge is 0.412 e. The van der Waals surface area contributed by atoms with E-state index in [9.17, 15) is 9.18 Å². The molecule has 0 aliphatic heterocycles. The first kappa shape index (κ1) is 27.9.